The van der Waals surface area contributed by atoms with Crippen LogP contribution >= 0.6 is 0 Å². The molecule has 0 bridgehead atoms. The molecule has 18 heavy (non-hydrogen) atoms. The van der Waals surface area contributed by atoms with E-state index in [0.29, 0.717) is 13.2 Å². The molecule has 0 aliphatic carbocycles. The third-order valence-corrected chi connectivity index (χ3v) is 2.54. The van der Waals surface area contributed by atoms with E-state index in [1.165, 1.54) is 6.07 Å². The van der Waals surface area contributed by atoms with Crippen LogP contribution in [-0.4, -0.2) is 19.8 Å². The number of halogens is 2. The van der Waals surface area contributed by atoms with Crippen molar-refractivity contribution in [3.05, 3.63) is 23.8 Å². The van der Waals surface area contributed by atoms with Crippen LogP contribution in [0.15, 0.2) is 12.1 Å². The fraction of sp³-hybridized carbons (Fsp3) is 0.538. The number of nitrogen functional groups attached to an aromatic ring is 1. The van der Waals surface area contributed by atoms with Crippen molar-refractivity contribution in [2.45, 2.75) is 26.2 Å². The van der Waals surface area contributed by atoms with Gasteiger partial charge in [0.15, 0.2) is 11.6 Å². The molecule has 0 heterocycles. The minimum atomic E-state index is -0.929. The summed E-state index contributed by atoms with van der Waals surface area (Å²) in [6.07, 6.45) is 2.86. The van der Waals surface area contributed by atoms with Gasteiger partial charge in [0.25, 0.3) is 0 Å². The maximum Gasteiger partial charge on any atom is 0.183 e. The van der Waals surface area contributed by atoms with Gasteiger partial charge in [-0.05, 0) is 25.0 Å². The Hall–Kier alpha value is -1.36. The van der Waals surface area contributed by atoms with E-state index < -0.39 is 11.6 Å². The SMILES string of the molecule is CCCCOCCCNc1c(N)ccc(F)c1F. The summed E-state index contributed by atoms with van der Waals surface area (Å²) in [7, 11) is 0. The van der Waals surface area contributed by atoms with E-state index in [2.05, 4.69) is 12.2 Å². The van der Waals surface area contributed by atoms with Gasteiger partial charge in [-0.15, -0.1) is 0 Å². The summed E-state index contributed by atoms with van der Waals surface area (Å²) in [6, 6.07) is 2.36. The summed E-state index contributed by atoms with van der Waals surface area (Å²) in [5, 5.41) is 2.79. The number of hydrogen-bond donors (Lipinski definition) is 2. The Balaban J connectivity index is 2.29. The molecule has 3 nitrogen and oxygen atoms in total. The van der Waals surface area contributed by atoms with Crippen LogP contribution in [0.25, 0.3) is 0 Å². The van der Waals surface area contributed by atoms with Crippen LogP contribution in [0.3, 0.4) is 0 Å². The van der Waals surface area contributed by atoms with Crippen molar-refractivity contribution >= 4 is 11.4 Å². The number of anilines is 2. The molecule has 0 amide bonds. The second kappa shape index (κ2) is 7.87. The van der Waals surface area contributed by atoms with Crippen LogP contribution in [0.1, 0.15) is 26.2 Å². The highest BCUT2D eigenvalue weighted by molar-refractivity contribution is 5.66. The largest absolute Gasteiger partial charge is 0.397 e. The van der Waals surface area contributed by atoms with Crippen molar-refractivity contribution in [3.63, 3.8) is 0 Å². The highest BCUT2D eigenvalue weighted by atomic mass is 19.2. The first-order chi connectivity index (χ1) is 8.66. The van der Waals surface area contributed by atoms with Crippen molar-refractivity contribution in [1.82, 2.24) is 0 Å². The minimum Gasteiger partial charge on any atom is -0.397 e. The molecule has 0 saturated heterocycles. The van der Waals surface area contributed by atoms with Crippen molar-refractivity contribution < 1.29 is 13.5 Å². The Kier molecular flexibility index (Phi) is 6.43. The molecule has 1 aromatic carbocycles. The van der Waals surface area contributed by atoms with Crippen LogP contribution in [0.5, 0.6) is 0 Å². The molecule has 5 heteroatoms. The Morgan fingerprint density at radius 3 is 2.67 bits per heavy atom. The average Bonchev–Trinajstić information content (AvgIpc) is 2.36. The standard InChI is InChI=1S/C13H20F2N2O/c1-2-3-8-18-9-4-7-17-13-11(16)6-5-10(14)12(13)15/h5-6,17H,2-4,7-9,16H2,1H3. The molecule has 0 aliphatic rings. The van der Waals surface area contributed by atoms with E-state index >= 15 is 0 Å². The van der Waals surface area contributed by atoms with Crippen molar-refractivity contribution in [1.29, 1.82) is 0 Å². The summed E-state index contributed by atoms with van der Waals surface area (Å²) < 4.78 is 31.7. The van der Waals surface area contributed by atoms with E-state index in [1.54, 1.807) is 0 Å². The van der Waals surface area contributed by atoms with Gasteiger partial charge in [0.1, 0.15) is 0 Å². The van der Waals surface area contributed by atoms with Crippen LogP contribution in [0.4, 0.5) is 20.2 Å². The van der Waals surface area contributed by atoms with Crippen LogP contribution in [-0.2, 0) is 4.74 Å². The summed E-state index contributed by atoms with van der Waals surface area (Å²) in [5.74, 6) is -1.83. The Morgan fingerprint density at radius 2 is 1.94 bits per heavy atom. The molecule has 0 spiro atoms. The number of hydrogen-bond acceptors (Lipinski definition) is 3. The monoisotopic (exact) mass is 258 g/mol. The first-order valence-corrected chi connectivity index (χ1v) is 6.22. The molecule has 1 aromatic rings. The Labute approximate surface area is 106 Å². The predicted molar refractivity (Wildman–Crippen MR) is 69.6 cm³/mol. The maximum absolute atomic E-state index is 13.4. The predicted octanol–water partition coefficient (Wildman–Crippen LogP) is 3.17. The van der Waals surface area contributed by atoms with Crippen molar-refractivity contribution in [3.8, 4) is 0 Å². The molecule has 102 valence electrons. The van der Waals surface area contributed by atoms with Crippen LogP contribution < -0.4 is 11.1 Å². The summed E-state index contributed by atoms with van der Waals surface area (Å²) in [5.41, 5.74) is 5.81. The van der Waals surface area contributed by atoms with Gasteiger partial charge in [0.05, 0.1) is 11.4 Å². The zero-order valence-electron chi connectivity index (χ0n) is 10.6. The zero-order chi connectivity index (χ0) is 13.4. The maximum atomic E-state index is 13.4. The molecule has 1 rings (SSSR count). The number of nitrogens with two attached hydrogens (primary N) is 1. The number of benzene rings is 1. The molecule has 0 fully saturated rings. The van der Waals surface area contributed by atoms with Gasteiger partial charge in [-0.25, -0.2) is 8.78 Å². The quantitative estimate of drug-likeness (QED) is 0.556. The lowest BCUT2D eigenvalue weighted by molar-refractivity contribution is 0.131. The lowest BCUT2D eigenvalue weighted by Gasteiger charge is -2.10. The van der Waals surface area contributed by atoms with Crippen LogP contribution in [0, 0.1) is 11.6 Å². The molecular formula is C13H20F2N2O. The van der Waals surface area contributed by atoms with Gasteiger partial charge in [-0.1, -0.05) is 13.3 Å². The van der Waals surface area contributed by atoms with Crippen molar-refractivity contribution in [2.75, 3.05) is 30.8 Å². The number of nitrogens with one attached hydrogen (secondary N) is 1. The van der Waals surface area contributed by atoms with Gasteiger partial charge in [0.2, 0.25) is 0 Å². The molecule has 0 saturated carbocycles. The van der Waals surface area contributed by atoms with E-state index in [4.69, 9.17) is 10.5 Å². The molecule has 0 aliphatic heterocycles. The van der Waals surface area contributed by atoms with Crippen LogP contribution in [0.2, 0.25) is 0 Å². The fourth-order valence-corrected chi connectivity index (χ4v) is 1.48. The number of unbranched alkanes of at least 4 members (excludes halogenated alkanes) is 1. The van der Waals surface area contributed by atoms with Gasteiger partial charge in [-0.3, -0.25) is 0 Å². The molecule has 0 atom stereocenters. The first kappa shape index (κ1) is 14.7. The lowest BCUT2D eigenvalue weighted by Crippen LogP contribution is -2.10. The topological polar surface area (TPSA) is 47.3 Å². The molecule has 3 N–H and O–H groups in total. The Bertz CT molecular complexity index is 372. The summed E-state index contributed by atoms with van der Waals surface area (Å²) in [6.45, 7) is 3.94. The molecule has 0 unspecified atom stereocenters. The smallest absolute Gasteiger partial charge is 0.183 e. The van der Waals surface area contributed by atoms with Gasteiger partial charge in [-0.2, -0.15) is 0 Å². The van der Waals surface area contributed by atoms with E-state index in [1.807, 2.05) is 0 Å². The summed E-state index contributed by atoms with van der Waals surface area (Å²) >= 11 is 0. The van der Waals surface area contributed by atoms with Gasteiger partial charge >= 0.3 is 0 Å². The van der Waals surface area contributed by atoms with E-state index in [0.717, 1.165) is 31.9 Å². The normalized spacial score (nSPS) is 10.6. The second-order valence-electron chi connectivity index (χ2n) is 4.07. The van der Waals surface area contributed by atoms with E-state index in [9.17, 15) is 8.78 Å². The highest BCUT2D eigenvalue weighted by Crippen LogP contribution is 2.24. The van der Waals surface area contributed by atoms with Gasteiger partial charge < -0.3 is 15.8 Å². The molecular weight excluding hydrogens is 238 g/mol. The average molecular weight is 258 g/mol. The van der Waals surface area contributed by atoms with E-state index in [-0.39, 0.29) is 11.4 Å². The third kappa shape index (κ3) is 4.49. The third-order valence-electron chi connectivity index (χ3n) is 2.54. The fourth-order valence-electron chi connectivity index (χ4n) is 1.48. The number of ether oxygens (including phenoxy) is 1. The first-order valence-electron chi connectivity index (χ1n) is 6.22. The Morgan fingerprint density at radius 1 is 1.22 bits per heavy atom. The second-order valence-corrected chi connectivity index (χ2v) is 4.07. The molecule has 0 aromatic heterocycles. The summed E-state index contributed by atoms with van der Waals surface area (Å²) in [4.78, 5) is 0. The van der Waals surface area contributed by atoms with Crippen molar-refractivity contribution in [2.24, 2.45) is 0 Å². The number of rotatable bonds is 8. The minimum absolute atomic E-state index is 0.0311. The lowest BCUT2D eigenvalue weighted by atomic mass is 10.2. The highest BCUT2D eigenvalue weighted by Gasteiger charge is 2.10. The zero-order valence-corrected chi connectivity index (χ0v) is 10.6. The molecule has 0 radical (unpaired) electrons. The van der Waals surface area contributed by atoms with Gasteiger partial charge in [0, 0.05) is 19.8 Å².